The molecule has 0 radical (unpaired) electrons. The zero-order chi connectivity index (χ0) is 10.7. The maximum Gasteiger partial charge on any atom is 0.303 e. The fourth-order valence-electron chi connectivity index (χ4n) is 1.88. The molecule has 3 atom stereocenters. The molecule has 0 saturated carbocycles. The number of esters is 1. The molecule has 0 spiro atoms. The molecule has 0 aromatic carbocycles. The third-order valence-corrected chi connectivity index (χ3v) is 2.67. The SMILES string of the molecule is CCC1C(C)C=CC(=O)C1OC(C)=O. The zero-order valence-electron chi connectivity index (χ0n) is 8.82. The first-order valence-corrected chi connectivity index (χ1v) is 4.95. The van der Waals surface area contributed by atoms with Crippen molar-refractivity contribution in [1.29, 1.82) is 0 Å². The highest BCUT2D eigenvalue weighted by Gasteiger charge is 2.34. The molecule has 3 heteroatoms. The first-order chi connectivity index (χ1) is 6.56. The van der Waals surface area contributed by atoms with E-state index in [2.05, 4.69) is 0 Å². The van der Waals surface area contributed by atoms with Crippen LogP contribution in [0.5, 0.6) is 0 Å². The van der Waals surface area contributed by atoms with E-state index in [4.69, 9.17) is 4.74 Å². The van der Waals surface area contributed by atoms with Crippen LogP contribution in [0.15, 0.2) is 12.2 Å². The Kier molecular flexibility index (Phi) is 3.44. The van der Waals surface area contributed by atoms with Crippen molar-refractivity contribution >= 4 is 11.8 Å². The molecule has 3 unspecified atom stereocenters. The smallest absolute Gasteiger partial charge is 0.303 e. The highest BCUT2D eigenvalue weighted by molar-refractivity contribution is 5.95. The second-order valence-corrected chi connectivity index (χ2v) is 3.72. The van der Waals surface area contributed by atoms with Gasteiger partial charge in [0, 0.05) is 12.8 Å². The summed E-state index contributed by atoms with van der Waals surface area (Å²) in [6.07, 6.45) is 3.67. The molecular formula is C11H16O3. The van der Waals surface area contributed by atoms with Gasteiger partial charge >= 0.3 is 5.97 Å². The number of carbonyl (C=O) groups excluding carboxylic acids is 2. The molecule has 0 aromatic rings. The summed E-state index contributed by atoms with van der Waals surface area (Å²) >= 11 is 0. The number of hydrogen-bond acceptors (Lipinski definition) is 3. The third-order valence-electron chi connectivity index (χ3n) is 2.67. The molecule has 0 heterocycles. The van der Waals surface area contributed by atoms with Gasteiger partial charge in [-0.15, -0.1) is 0 Å². The first-order valence-electron chi connectivity index (χ1n) is 4.95. The van der Waals surface area contributed by atoms with E-state index >= 15 is 0 Å². The number of ketones is 1. The van der Waals surface area contributed by atoms with Crippen LogP contribution in [0, 0.1) is 11.8 Å². The summed E-state index contributed by atoms with van der Waals surface area (Å²) in [7, 11) is 0. The van der Waals surface area contributed by atoms with Crippen molar-refractivity contribution in [3.05, 3.63) is 12.2 Å². The Morgan fingerprint density at radius 3 is 2.71 bits per heavy atom. The van der Waals surface area contributed by atoms with Crippen LogP contribution in [0.25, 0.3) is 0 Å². The van der Waals surface area contributed by atoms with Gasteiger partial charge in [-0.25, -0.2) is 0 Å². The Morgan fingerprint density at radius 2 is 2.21 bits per heavy atom. The van der Waals surface area contributed by atoms with Gasteiger partial charge in [0.25, 0.3) is 0 Å². The minimum Gasteiger partial charge on any atom is -0.454 e. The summed E-state index contributed by atoms with van der Waals surface area (Å²) in [6.45, 7) is 5.38. The molecule has 0 aliphatic heterocycles. The minimum absolute atomic E-state index is 0.0925. The van der Waals surface area contributed by atoms with E-state index in [1.165, 1.54) is 13.0 Å². The van der Waals surface area contributed by atoms with Crippen LogP contribution in [0.3, 0.4) is 0 Å². The standard InChI is InChI=1S/C11H16O3/c1-4-9-7(2)5-6-10(13)11(9)14-8(3)12/h5-7,9,11H,4H2,1-3H3. The summed E-state index contributed by atoms with van der Waals surface area (Å²) < 4.78 is 5.04. The normalized spacial score (nSPS) is 31.6. The van der Waals surface area contributed by atoms with Crippen LogP contribution in [-0.2, 0) is 14.3 Å². The van der Waals surface area contributed by atoms with Crippen molar-refractivity contribution in [3.8, 4) is 0 Å². The molecule has 0 fully saturated rings. The molecule has 0 amide bonds. The lowest BCUT2D eigenvalue weighted by atomic mass is 9.80. The molecule has 78 valence electrons. The van der Waals surface area contributed by atoms with Gasteiger partial charge in [-0.2, -0.15) is 0 Å². The molecular weight excluding hydrogens is 180 g/mol. The van der Waals surface area contributed by atoms with Crippen LogP contribution in [0.4, 0.5) is 0 Å². The lowest BCUT2D eigenvalue weighted by Crippen LogP contribution is -2.38. The number of carbonyl (C=O) groups is 2. The van der Waals surface area contributed by atoms with Crippen molar-refractivity contribution < 1.29 is 14.3 Å². The second-order valence-electron chi connectivity index (χ2n) is 3.72. The molecule has 1 aliphatic carbocycles. The van der Waals surface area contributed by atoms with Crippen molar-refractivity contribution in [3.63, 3.8) is 0 Å². The molecule has 14 heavy (non-hydrogen) atoms. The summed E-state index contributed by atoms with van der Waals surface area (Å²) in [5.74, 6) is -0.0621. The average molecular weight is 196 g/mol. The van der Waals surface area contributed by atoms with Crippen LogP contribution < -0.4 is 0 Å². The monoisotopic (exact) mass is 196 g/mol. The minimum atomic E-state index is -0.572. The predicted octanol–water partition coefficient (Wildman–Crippen LogP) is 1.72. The van der Waals surface area contributed by atoms with Gasteiger partial charge in [-0.3, -0.25) is 9.59 Å². The highest BCUT2D eigenvalue weighted by atomic mass is 16.5. The van der Waals surface area contributed by atoms with E-state index in [1.54, 1.807) is 0 Å². The Morgan fingerprint density at radius 1 is 1.57 bits per heavy atom. The molecule has 0 bridgehead atoms. The molecule has 0 N–H and O–H groups in total. The zero-order valence-corrected chi connectivity index (χ0v) is 8.82. The van der Waals surface area contributed by atoms with E-state index in [1.807, 2.05) is 19.9 Å². The quantitative estimate of drug-likeness (QED) is 0.631. The molecule has 1 rings (SSSR count). The lowest BCUT2D eigenvalue weighted by molar-refractivity contribution is -0.156. The van der Waals surface area contributed by atoms with Crippen molar-refractivity contribution in [2.75, 3.05) is 0 Å². The largest absolute Gasteiger partial charge is 0.454 e. The lowest BCUT2D eigenvalue weighted by Gasteiger charge is -2.30. The van der Waals surface area contributed by atoms with Crippen molar-refractivity contribution in [1.82, 2.24) is 0 Å². The van der Waals surface area contributed by atoms with E-state index < -0.39 is 6.10 Å². The van der Waals surface area contributed by atoms with Crippen LogP contribution in [0.1, 0.15) is 27.2 Å². The Labute approximate surface area is 84.1 Å². The van der Waals surface area contributed by atoms with Crippen LogP contribution in [-0.4, -0.2) is 17.9 Å². The molecule has 0 saturated heterocycles. The molecule has 0 aromatic heterocycles. The summed E-state index contributed by atoms with van der Waals surface area (Å²) in [5, 5.41) is 0. The van der Waals surface area contributed by atoms with E-state index in [9.17, 15) is 9.59 Å². The highest BCUT2D eigenvalue weighted by Crippen LogP contribution is 2.27. The number of hydrogen-bond donors (Lipinski definition) is 0. The summed E-state index contributed by atoms with van der Waals surface area (Å²) in [4.78, 5) is 22.3. The summed E-state index contributed by atoms with van der Waals surface area (Å²) in [5.41, 5.74) is 0. The van der Waals surface area contributed by atoms with Crippen molar-refractivity contribution in [2.45, 2.75) is 33.3 Å². The first kappa shape index (κ1) is 11.0. The van der Waals surface area contributed by atoms with Gasteiger partial charge in [0.1, 0.15) is 0 Å². The number of allylic oxidation sites excluding steroid dienone is 1. The fraction of sp³-hybridized carbons (Fsp3) is 0.636. The number of rotatable bonds is 2. The van der Waals surface area contributed by atoms with E-state index in [0.717, 1.165) is 6.42 Å². The second kappa shape index (κ2) is 4.40. The van der Waals surface area contributed by atoms with Gasteiger partial charge in [-0.05, 0) is 18.4 Å². The molecule has 3 nitrogen and oxygen atoms in total. The average Bonchev–Trinajstić information content (AvgIpc) is 2.11. The summed E-state index contributed by atoms with van der Waals surface area (Å²) in [6, 6.07) is 0. The van der Waals surface area contributed by atoms with Gasteiger partial charge in [0.05, 0.1) is 0 Å². The maximum atomic E-state index is 11.5. The Bertz CT molecular complexity index is 268. The Hall–Kier alpha value is -1.12. The van der Waals surface area contributed by atoms with Crippen LogP contribution in [0.2, 0.25) is 0 Å². The number of ether oxygens (including phenoxy) is 1. The van der Waals surface area contributed by atoms with E-state index in [0.29, 0.717) is 5.92 Å². The van der Waals surface area contributed by atoms with E-state index in [-0.39, 0.29) is 17.7 Å². The predicted molar refractivity (Wildman–Crippen MR) is 52.6 cm³/mol. The maximum absolute atomic E-state index is 11.5. The Balaban J connectivity index is 2.82. The van der Waals surface area contributed by atoms with Crippen LogP contribution >= 0.6 is 0 Å². The van der Waals surface area contributed by atoms with Crippen molar-refractivity contribution in [2.24, 2.45) is 11.8 Å². The fourth-order valence-corrected chi connectivity index (χ4v) is 1.88. The van der Waals surface area contributed by atoms with Gasteiger partial charge in [-0.1, -0.05) is 19.9 Å². The topological polar surface area (TPSA) is 43.4 Å². The molecule has 1 aliphatic rings. The van der Waals surface area contributed by atoms with Gasteiger partial charge in [0.2, 0.25) is 0 Å². The third kappa shape index (κ3) is 2.22. The van der Waals surface area contributed by atoms with Gasteiger partial charge < -0.3 is 4.74 Å². The van der Waals surface area contributed by atoms with Gasteiger partial charge in [0.15, 0.2) is 11.9 Å².